The van der Waals surface area contributed by atoms with Crippen LogP contribution in [-0.4, -0.2) is 76.4 Å². The van der Waals surface area contributed by atoms with Crippen LogP contribution in [0.4, 0.5) is 0 Å². The standard InChI is InChI=1S/C25H38N4O5S/c1-16(2)14-18(26)22(30)28-20(15-17-8-5-4-6-9-17)24(32)29-12-7-10-21(29)23(31)27-19(25(33)34)11-13-35-3/h4-6,8-9,16,18-21H,7,10-15,26H2,1-3H3,(H,27,31)(H,28,30)(H,33,34). The number of hydrogen-bond acceptors (Lipinski definition) is 6. The molecule has 0 radical (unpaired) electrons. The van der Waals surface area contributed by atoms with Gasteiger partial charge in [0.2, 0.25) is 17.7 Å². The second-order valence-electron chi connectivity index (χ2n) is 9.36. The van der Waals surface area contributed by atoms with Crippen molar-refractivity contribution in [2.75, 3.05) is 18.6 Å². The van der Waals surface area contributed by atoms with Gasteiger partial charge in [0.05, 0.1) is 6.04 Å². The Morgan fingerprint density at radius 1 is 1.14 bits per heavy atom. The van der Waals surface area contributed by atoms with Crippen LogP contribution in [0.5, 0.6) is 0 Å². The summed E-state index contributed by atoms with van der Waals surface area (Å²) in [6, 6.07) is 5.91. The number of hydrogen-bond donors (Lipinski definition) is 4. The fraction of sp³-hybridized carbons (Fsp3) is 0.600. The third-order valence-corrected chi connectivity index (χ3v) is 6.67. The molecule has 35 heavy (non-hydrogen) atoms. The Morgan fingerprint density at radius 2 is 1.83 bits per heavy atom. The van der Waals surface area contributed by atoms with Gasteiger partial charge in [0, 0.05) is 13.0 Å². The maximum atomic E-state index is 13.6. The lowest BCUT2D eigenvalue weighted by Gasteiger charge is -2.30. The normalized spacial score (nSPS) is 18.1. The third-order valence-electron chi connectivity index (χ3n) is 6.02. The molecule has 4 unspecified atom stereocenters. The number of carbonyl (C=O) groups excluding carboxylic acids is 3. The van der Waals surface area contributed by atoms with Crippen molar-refractivity contribution in [2.24, 2.45) is 11.7 Å². The molecule has 1 heterocycles. The Kier molecular flexibility index (Phi) is 11.5. The topological polar surface area (TPSA) is 142 Å². The van der Waals surface area contributed by atoms with Gasteiger partial charge in [0.25, 0.3) is 0 Å². The van der Waals surface area contributed by atoms with E-state index in [4.69, 9.17) is 5.73 Å². The summed E-state index contributed by atoms with van der Waals surface area (Å²) < 4.78 is 0. The van der Waals surface area contributed by atoms with Gasteiger partial charge >= 0.3 is 5.97 Å². The summed E-state index contributed by atoms with van der Waals surface area (Å²) in [5.74, 6) is -1.54. The highest BCUT2D eigenvalue weighted by Crippen LogP contribution is 2.20. The van der Waals surface area contributed by atoms with Gasteiger partial charge in [0.1, 0.15) is 18.1 Å². The van der Waals surface area contributed by atoms with Crippen LogP contribution in [-0.2, 0) is 25.6 Å². The van der Waals surface area contributed by atoms with Crippen molar-refractivity contribution in [2.45, 2.75) is 70.1 Å². The zero-order valence-electron chi connectivity index (χ0n) is 20.7. The highest BCUT2D eigenvalue weighted by molar-refractivity contribution is 7.98. The van der Waals surface area contributed by atoms with Crippen molar-refractivity contribution in [3.8, 4) is 0 Å². The molecular weight excluding hydrogens is 468 g/mol. The van der Waals surface area contributed by atoms with Gasteiger partial charge in [-0.05, 0) is 49.2 Å². The van der Waals surface area contributed by atoms with Gasteiger partial charge in [-0.25, -0.2) is 4.79 Å². The number of nitrogens with one attached hydrogen (secondary N) is 2. The van der Waals surface area contributed by atoms with Crippen molar-refractivity contribution in [1.29, 1.82) is 0 Å². The molecule has 0 bridgehead atoms. The summed E-state index contributed by atoms with van der Waals surface area (Å²) in [4.78, 5) is 52.4. The van der Waals surface area contributed by atoms with Gasteiger partial charge in [-0.1, -0.05) is 44.2 Å². The molecule has 1 aliphatic rings. The minimum atomic E-state index is -1.10. The molecule has 5 N–H and O–H groups in total. The summed E-state index contributed by atoms with van der Waals surface area (Å²) in [6.45, 7) is 4.30. The second kappa shape index (κ2) is 14.1. The zero-order chi connectivity index (χ0) is 26.0. The number of benzene rings is 1. The molecule has 2 rings (SSSR count). The smallest absolute Gasteiger partial charge is 0.326 e. The number of nitrogens with two attached hydrogens (primary N) is 1. The molecule has 1 saturated heterocycles. The average Bonchev–Trinajstić information content (AvgIpc) is 3.30. The molecule has 4 atom stereocenters. The van der Waals surface area contributed by atoms with Gasteiger partial charge in [-0.2, -0.15) is 11.8 Å². The van der Waals surface area contributed by atoms with Crippen LogP contribution in [0, 0.1) is 5.92 Å². The molecule has 10 heteroatoms. The molecule has 0 spiro atoms. The second-order valence-corrected chi connectivity index (χ2v) is 10.3. The molecule has 1 aliphatic heterocycles. The van der Waals surface area contributed by atoms with Crippen LogP contribution >= 0.6 is 11.8 Å². The monoisotopic (exact) mass is 506 g/mol. The van der Waals surface area contributed by atoms with E-state index in [2.05, 4.69) is 10.6 Å². The number of amides is 3. The fourth-order valence-electron chi connectivity index (χ4n) is 4.21. The van der Waals surface area contributed by atoms with Crippen LogP contribution in [0.3, 0.4) is 0 Å². The number of nitrogens with zero attached hydrogens (tertiary/aromatic N) is 1. The lowest BCUT2D eigenvalue weighted by Crippen LogP contribution is -2.57. The molecule has 9 nitrogen and oxygen atoms in total. The SMILES string of the molecule is CSCCC(NC(=O)C1CCCN1C(=O)C(Cc1ccccc1)NC(=O)C(N)CC(C)C)C(=O)O. The van der Waals surface area contributed by atoms with Crippen molar-refractivity contribution in [3.05, 3.63) is 35.9 Å². The maximum absolute atomic E-state index is 13.6. The molecule has 3 amide bonds. The lowest BCUT2D eigenvalue weighted by molar-refractivity contribution is -0.145. The third kappa shape index (κ3) is 8.85. The van der Waals surface area contributed by atoms with Gasteiger partial charge in [-0.3, -0.25) is 14.4 Å². The van der Waals surface area contributed by atoms with Crippen molar-refractivity contribution in [1.82, 2.24) is 15.5 Å². The van der Waals surface area contributed by atoms with Gasteiger partial charge < -0.3 is 26.4 Å². The van der Waals surface area contributed by atoms with Gasteiger partial charge in [-0.15, -0.1) is 0 Å². The molecule has 1 fully saturated rings. The zero-order valence-corrected chi connectivity index (χ0v) is 21.6. The van der Waals surface area contributed by atoms with E-state index in [9.17, 15) is 24.3 Å². The first-order chi connectivity index (χ1) is 16.6. The molecular formula is C25H38N4O5S. The van der Waals surface area contributed by atoms with Crippen LogP contribution < -0.4 is 16.4 Å². The Hall–Kier alpha value is -2.59. The van der Waals surface area contributed by atoms with Crippen LogP contribution in [0.25, 0.3) is 0 Å². The Balaban J connectivity index is 2.18. The molecule has 194 valence electrons. The van der Waals surface area contributed by atoms with Crippen molar-refractivity contribution >= 4 is 35.5 Å². The van der Waals surface area contributed by atoms with Crippen molar-refractivity contribution < 1.29 is 24.3 Å². The van der Waals surface area contributed by atoms with E-state index in [0.29, 0.717) is 38.0 Å². The fourth-order valence-corrected chi connectivity index (χ4v) is 4.68. The summed E-state index contributed by atoms with van der Waals surface area (Å²) in [6.07, 6.45) is 3.96. The number of carboxylic acids is 1. The number of aliphatic carboxylic acids is 1. The summed E-state index contributed by atoms with van der Waals surface area (Å²) in [5, 5.41) is 14.9. The highest BCUT2D eigenvalue weighted by Gasteiger charge is 2.39. The Labute approximate surface area is 211 Å². The predicted molar refractivity (Wildman–Crippen MR) is 137 cm³/mol. The van der Waals surface area contributed by atoms with E-state index in [-0.39, 0.29) is 18.2 Å². The van der Waals surface area contributed by atoms with Crippen LogP contribution in [0.1, 0.15) is 45.1 Å². The molecule has 1 aromatic rings. The molecule has 0 saturated carbocycles. The van der Waals surface area contributed by atoms with Crippen LogP contribution in [0.2, 0.25) is 0 Å². The minimum absolute atomic E-state index is 0.221. The first-order valence-corrected chi connectivity index (χ1v) is 13.5. The first-order valence-electron chi connectivity index (χ1n) is 12.1. The number of carboxylic acid groups (broad SMARTS) is 1. The molecule has 0 aromatic heterocycles. The van der Waals surface area contributed by atoms with Gasteiger partial charge in [0.15, 0.2) is 0 Å². The number of carbonyl (C=O) groups is 4. The largest absolute Gasteiger partial charge is 0.480 e. The van der Waals surface area contributed by atoms with E-state index in [0.717, 1.165) is 5.56 Å². The maximum Gasteiger partial charge on any atom is 0.326 e. The quantitative estimate of drug-likeness (QED) is 0.317. The van der Waals surface area contributed by atoms with E-state index >= 15 is 0 Å². The van der Waals surface area contributed by atoms with E-state index < -0.39 is 42.0 Å². The van der Waals surface area contributed by atoms with E-state index in [1.165, 1.54) is 16.7 Å². The summed E-state index contributed by atoms with van der Waals surface area (Å²) in [5.41, 5.74) is 6.92. The van der Waals surface area contributed by atoms with Crippen LogP contribution in [0.15, 0.2) is 30.3 Å². The Bertz CT molecular complexity index is 867. The minimum Gasteiger partial charge on any atom is -0.480 e. The van der Waals surface area contributed by atoms with Crippen molar-refractivity contribution in [3.63, 3.8) is 0 Å². The first kappa shape index (κ1) is 28.6. The number of likely N-dealkylation sites (tertiary alicyclic amines) is 1. The molecule has 1 aromatic carbocycles. The van der Waals surface area contributed by atoms with E-state index in [1.807, 2.05) is 50.4 Å². The summed E-state index contributed by atoms with van der Waals surface area (Å²) >= 11 is 1.50. The number of thioether (sulfide) groups is 1. The summed E-state index contributed by atoms with van der Waals surface area (Å²) in [7, 11) is 0. The average molecular weight is 507 g/mol. The van der Waals surface area contributed by atoms with E-state index in [1.54, 1.807) is 0 Å². The number of rotatable bonds is 13. The predicted octanol–water partition coefficient (Wildman–Crippen LogP) is 1.40. The highest BCUT2D eigenvalue weighted by atomic mass is 32.2. The lowest BCUT2D eigenvalue weighted by atomic mass is 10.0. The Morgan fingerprint density at radius 3 is 2.43 bits per heavy atom. The molecule has 0 aliphatic carbocycles.